The summed E-state index contributed by atoms with van der Waals surface area (Å²) in [5.41, 5.74) is 2.46. The van der Waals surface area contributed by atoms with Crippen LogP contribution in [-0.2, 0) is 11.4 Å². The molecular weight excluding hydrogens is 318 g/mol. The molecule has 0 spiro atoms. The number of nitrogens with one attached hydrogen (secondary N) is 1. The van der Waals surface area contributed by atoms with Crippen LogP contribution in [0.25, 0.3) is 6.08 Å². The number of amides is 1. The zero-order valence-corrected chi connectivity index (χ0v) is 12.3. The number of hydrogen-bond acceptors (Lipinski definition) is 2. The van der Waals surface area contributed by atoms with Crippen molar-refractivity contribution in [2.75, 3.05) is 5.32 Å². The predicted octanol–water partition coefficient (Wildman–Crippen LogP) is 3.59. The lowest BCUT2D eigenvalue weighted by molar-refractivity contribution is -0.111. The van der Waals surface area contributed by atoms with E-state index in [2.05, 4.69) is 21.2 Å². The quantitative estimate of drug-likeness (QED) is 0.841. The standard InChI is InChI=1S/C16H14BrNO2/c17-14-3-1-2-12(10-14)6-9-16(20)18-15-7-4-13(11-19)5-8-15/h1-10,19H,11H2,(H,18,20). The highest BCUT2D eigenvalue weighted by molar-refractivity contribution is 9.10. The third kappa shape index (κ3) is 4.33. The van der Waals surface area contributed by atoms with Gasteiger partial charge in [0.25, 0.3) is 0 Å². The summed E-state index contributed by atoms with van der Waals surface area (Å²) in [6, 6.07) is 14.8. The Hall–Kier alpha value is -1.91. The molecule has 0 aromatic heterocycles. The molecular formula is C16H14BrNO2. The molecule has 0 aliphatic rings. The highest BCUT2D eigenvalue weighted by Crippen LogP contribution is 2.13. The molecule has 4 heteroatoms. The van der Waals surface area contributed by atoms with E-state index in [0.29, 0.717) is 5.69 Å². The molecule has 20 heavy (non-hydrogen) atoms. The van der Waals surface area contributed by atoms with E-state index in [0.717, 1.165) is 15.6 Å². The molecule has 0 radical (unpaired) electrons. The number of benzene rings is 2. The molecule has 0 saturated heterocycles. The summed E-state index contributed by atoms with van der Waals surface area (Å²) in [6.07, 6.45) is 3.24. The number of rotatable bonds is 4. The van der Waals surface area contributed by atoms with Crippen molar-refractivity contribution in [1.82, 2.24) is 0 Å². The second-order valence-electron chi connectivity index (χ2n) is 4.23. The van der Waals surface area contributed by atoms with E-state index >= 15 is 0 Å². The molecule has 2 aromatic rings. The number of halogens is 1. The maximum Gasteiger partial charge on any atom is 0.248 e. The summed E-state index contributed by atoms with van der Waals surface area (Å²) in [4.78, 5) is 11.8. The molecule has 0 heterocycles. The van der Waals surface area contributed by atoms with E-state index in [4.69, 9.17) is 5.11 Å². The summed E-state index contributed by atoms with van der Waals surface area (Å²) in [5.74, 6) is -0.193. The minimum absolute atomic E-state index is 0.00296. The van der Waals surface area contributed by atoms with Gasteiger partial charge in [-0.1, -0.05) is 40.2 Å². The SMILES string of the molecule is O=C(C=Cc1cccc(Br)c1)Nc1ccc(CO)cc1. The number of aliphatic hydroxyl groups is 1. The van der Waals surface area contributed by atoms with Crippen LogP contribution in [0, 0.1) is 0 Å². The average Bonchev–Trinajstić information content (AvgIpc) is 2.46. The molecule has 2 aromatic carbocycles. The van der Waals surface area contributed by atoms with Crippen LogP contribution < -0.4 is 5.32 Å². The van der Waals surface area contributed by atoms with Gasteiger partial charge >= 0.3 is 0 Å². The molecule has 0 saturated carbocycles. The molecule has 1 amide bonds. The number of carbonyl (C=O) groups excluding carboxylic acids is 1. The van der Waals surface area contributed by atoms with Gasteiger partial charge in [0, 0.05) is 16.2 Å². The van der Waals surface area contributed by atoms with Crippen molar-refractivity contribution in [3.05, 3.63) is 70.2 Å². The Morgan fingerprint density at radius 3 is 2.60 bits per heavy atom. The second kappa shape index (κ2) is 7.03. The van der Waals surface area contributed by atoms with Gasteiger partial charge in [-0.2, -0.15) is 0 Å². The maximum absolute atomic E-state index is 11.8. The largest absolute Gasteiger partial charge is 0.392 e. The normalized spacial score (nSPS) is 10.7. The van der Waals surface area contributed by atoms with Crippen LogP contribution >= 0.6 is 15.9 Å². The Balaban J connectivity index is 1.98. The van der Waals surface area contributed by atoms with Crippen LogP contribution in [0.2, 0.25) is 0 Å². The zero-order valence-electron chi connectivity index (χ0n) is 10.7. The van der Waals surface area contributed by atoms with Crippen molar-refractivity contribution in [2.45, 2.75) is 6.61 Å². The zero-order chi connectivity index (χ0) is 14.4. The third-order valence-corrected chi connectivity index (χ3v) is 3.17. The molecule has 0 bridgehead atoms. The van der Waals surface area contributed by atoms with E-state index in [-0.39, 0.29) is 12.5 Å². The number of anilines is 1. The lowest BCUT2D eigenvalue weighted by Crippen LogP contribution is -2.07. The Bertz CT molecular complexity index is 621. The summed E-state index contributed by atoms with van der Waals surface area (Å²) in [5, 5.41) is 11.7. The summed E-state index contributed by atoms with van der Waals surface area (Å²) in [7, 11) is 0. The van der Waals surface area contributed by atoms with Crippen LogP contribution in [0.3, 0.4) is 0 Å². The number of hydrogen-bond donors (Lipinski definition) is 2. The molecule has 3 nitrogen and oxygen atoms in total. The van der Waals surface area contributed by atoms with E-state index in [1.54, 1.807) is 30.3 Å². The maximum atomic E-state index is 11.8. The van der Waals surface area contributed by atoms with Gasteiger partial charge in [0.2, 0.25) is 5.91 Å². The van der Waals surface area contributed by atoms with Crippen molar-refractivity contribution < 1.29 is 9.90 Å². The van der Waals surface area contributed by atoms with Crippen LogP contribution in [0.5, 0.6) is 0 Å². The number of aliphatic hydroxyl groups excluding tert-OH is 1. The van der Waals surface area contributed by atoms with Gasteiger partial charge in [-0.05, 0) is 41.5 Å². The lowest BCUT2D eigenvalue weighted by Gasteiger charge is -2.03. The molecule has 102 valence electrons. The Morgan fingerprint density at radius 2 is 1.95 bits per heavy atom. The predicted molar refractivity (Wildman–Crippen MR) is 84.2 cm³/mol. The molecule has 0 fully saturated rings. The molecule has 2 rings (SSSR count). The van der Waals surface area contributed by atoms with E-state index in [1.165, 1.54) is 6.08 Å². The van der Waals surface area contributed by atoms with Gasteiger partial charge in [-0.15, -0.1) is 0 Å². The second-order valence-corrected chi connectivity index (χ2v) is 5.15. The van der Waals surface area contributed by atoms with Crippen LogP contribution in [-0.4, -0.2) is 11.0 Å². The first-order chi connectivity index (χ1) is 9.67. The Labute approximate surface area is 126 Å². The van der Waals surface area contributed by atoms with E-state index in [9.17, 15) is 4.79 Å². The van der Waals surface area contributed by atoms with Gasteiger partial charge in [-0.3, -0.25) is 4.79 Å². The van der Waals surface area contributed by atoms with E-state index < -0.39 is 0 Å². The molecule has 0 unspecified atom stereocenters. The van der Waals surface area contributed by atoms with E-state index in [1.807, 2.05) is 24.3 Å². The third-order valence-electron chi connectivity index (χ3n) is 2.68. The minimum atomic E-state index is -0.193. The highest BCUT2D eigenvalue weighted by atomic mass is 79.9. The Morgan fingerprint density at radius 1 is 1.20 bits per heavy atom. The van der Waals surface area contributed by atoms with Crippen LogP contribution in [0.1, 0.15) is 11.1 Å². The smallest absolute Gasteiger partial charge is 0.248 e. The molecule has 0 aliphatic carbocycles. The fourth-order valence-electron chi connectivity index (χ4n) is 1.66. The van der Waals surface area contributed by atoms with Crippen molar-refractivity contribution in [3.8, 4) is 0 Å². The highest BCUT2D eigenvalue weighted by Gasteiger charge is 1.98. The average molecular weight is 332 g/mol. The fraction of sp³-hybridized carbons (Fsp3) is 0.0625. The van der Waals surface area contributed by atoms with Gasteiger partial charge < -0.3 is 10.4 Å². The van der Waals surface area contributed by atoms with Crippen molar-refractivity contribution in [2.24, 2.45) is 0 Å². The molecule has 0 atom stereocenters. The van der Waals surface area contributed by atoms with Gasteiger partial charge in [0.15, 0.2) is 0 Å². The van der Waals surface area contributed by atoms with Crippen molar-refractivity contribution in [3.63, 3.8) is 0 Å². The monoisotopic (exact) mass is 331 g/mol. The first-order valence-electron chi connectivity index (χ1n) is 6.12. The Kier molecular flexibility index (Phi) is 5.09. The van der Waals surface area contributed by atoms with Crippen molar-refractivity contribution in [1.29, 1.82) is 0 Å². The van der Waals surface area contributed by atoms with Crippen molar-refractivity contribution >= 4 is 33.6 Å². The summed E-state index contributed by atoms with van der Waals surface area (Å²) >= 11 is 3.38. The molecule has 0 aliphatic heterocycles. The van der Waals surface area contributed by atoms with Gasteiger partial charge in [-0.25, -0.2) is 0 Å². The summed E-state index contributed by atoms with van der Waals surface area (Å²) in [6.45, 7) is -0.00296. The topological polar surface area (TPSA) is 49.3 Å². The lowest BCUT2D eigenvalue weighted by atomic mass is 10.2. The first-order valence-corrected chi connectivity index (χ1v) is 6.91. The van der Waals surface area contributed by atoms with Crippen LogP contribution in [0.4, 0.5) is 5.69 Å². The first kappa shape index (κ1) is 14.5. The van der Waals surface area contributed by atoms with Gasteiger partial charge in [0.05, 0.1) is 6.61 Å². The summed E-state index contributed by atoms with van der Waals surface area (Å²) < 4.78 is 0.972. The number of carbonyl (C=O) groups is 1. The molecule has 2 N–H and O–H groups in total. The van der Waals surface area contributed by atoms with Crippen LogP contribution in [0.15, 0.2) is 59.1 Å². The fourth-order valence-corrected chi connectivity index (χ4v) is 2.08. The minimum Gasteiger partial charge on any atom is -0.392 e. The van der Waals surface area contributed by atoms with Gasteiger partial charge in [0.1, 0.15) is 0 Å².